The summed E-state index contributed by atoms with van der Waals surface area (Å²) >= 11 is 6.05. The van der Waals surface area contributed by atoms with Gasteiger partial charge in [-0.15, -0.1) is 0 Å². The van der Waals surface area contributed by atoms with Crippen LogP contribution in [0.15, 0.2) is 78.9 Å². The Morgan fingerprint density at radius 3 is 2.51 bits per heavy atom. The number of Topliss-reactive ketones (excluding diaryl/α,β-unsaturated/α-hetero) is 1. The molecule has 6 rings (SSSR count). The molecule has 2 aliphatic rings. The van der Waals surface area contributed by atoms with Crippen molar-refractivity contribution in [2.24, 2.45) is 5.92 Å². The van der Waals surface area contributed by atoms with Gasteiger partial charge in [0, 0.05) is 34.9 Å². The lowest BCUT2D eigenvalue weighted by atomic mass is 9.95. The van der Waals surface area contributed by atoms with Crippen LogP contribution in [-0.2, 0) is 9.53 Å². The maximum absolute atomic E-state index is 14.0. The number of hydrogen-bond acceptors (Lipinski definition) is 6. The van der Waals surface area contributed by atoms with Gasteiger partial charge in [0.05, 0.1) is 36.7 Å². The standard InChI is InChI=1S/C30H24ClN5O3/c31-19-7-6-8-20(17-19)33-30(38)24(18-32)29(37)26-25-27(35-13-15-39-16-14-35)22-11-4-5-12-23(22)28(25)36(34-26)21-9-2-1-3-10-21/h1-12,17,24,27H,13-16H2,(H,33,38). The molecule has 3 aromatic carbocycles. The Bertz CT molecular complexity index is 1600. The molecule has 9 heteroatoms. The SMILES string of the molecule is N#CC(C(=O)Nc1cccc(Cl)c1)C(=O)c1nn(-c2ccccc2)c2c1C(N1CCOCC1)c1ccccc1-2. The zero-order valence-corrected chi connectivity index (χ0v) is 21.6. The van der Waals surface area contributed by atoms with E-state index in [0.29, 0.717) is 42.6 Å². The number of morpholine rings is 1. The van der Waals surface area contributed by atoms with Gasteiger partial charge in [0.15, 0.2) is 5.92 Å². The highest BCUT2D eigenvalue weighted by Crippen LogP contribution is 2.49. The number of nitrogens with one attached hydrogen (secondary N) is 1. The predicted molar refractivity (Wildman–Crippen MR) is 147 cm³/mol. The zero-order chi connectivity index (χ0) is 26.9. The van der Waals surface area contributed by atoms with Crippen LogP contribution in [0.5, 0.6) is 0 Å². The highest BCUT2D eigenvalue weighted by atomic mass is 35.5. The van der Waals surface area contributed by atoms with E-state index in [1.54, 1.807) is 28.9 Å². The van der Waals surface area contributed by atoms with Gasteiger partial charge in [0.25, 0.3) is 0 Å². The van der Waals surface area contributed by atoms with Crippen molar-refractivity contribution in [3.8, 4) is 23.0 Å². The lowest BCUT2D eigenvalue weighted by Gasteiger charge is -2.33. The van der Waals surface area contributed by atoms with E-state index in [2.05, 4.69) is 16.3 Å². The van der Waals surface area contributed by atoms with Gasteiger partial charge in [-0.2, -0.15) is 10.4 Å². The number of ether oxygens (including phenoxy) is 1. The van der Waals surface area contributed by atoms with Crippen LogP contribution in [0.2, 0.25) is 5.02 Å². The Kier molecular flexibility index (Phi) is 6.71. The molecule has 1 fully saturated rings. The number of halogens is 1. The van der Waals surface area contributed by atoms with Crippen LogP contribution in [0.25, 0.3) is 16.9 Å². The number of para-hydroxylation sites is 1. The zero-order valence-electron chi connectivity index (χ0n) is 20.9. The number of carbonyl (C=O) groups is 2. The number of amides is 1. The molecular weight excluding hydrogens is 514 g/mol. The molecule has 1 aromatic heterocycles. The van der Waals surface area contributed by atoms with Gasteiger partial charge in [0.1, 0.15) is 5.69 Å². The second-order valence-electron chi connectivity index (χ2n) is 9.42. The minimum Gasteiger partial charge on any atom is -0.379 e. The molecule has 194 valence electrons. The Morgan fingerprint density at radius 1 is 1.03 bits per heavy atom. The molecule has 0 bridgehead atoms. The number of nitrogens with zero attached hydrogens (tertiary/aromatic N) is 4. The van der Waals surface area contributed by atoms with Crippen LogP contribution in [-0.4, -0.2) is 52.7 Å². The fraction of sp³-hybridized carbons (Fsp3) is 0.200. The molecule has 2 atom stereocenters. The highest BCUT2D eigenvalue weighted by molar-refractivity contribution is 6.31. The van der Waals surface area contributed by atoms with E-state index >= 15 is 0 Å². The molecule has 1 saturated heterocycles. The van der Waals surface area contributed by atoms with Gasteiger partial charge in [0.2, 0.25) is 11.7 Å². The maximum atomic E-state index is 14.0. The van der Waals surface area contributed by atoms with Crippen molar-refractivity contribution in [3.05, 3.63) is 101 Å². The smallest absolute Gasteiger partial charge is 0.249 e. The molecule has 0 spiro atoms. The predicted octanol–water partition coefficient (Wildman–Crippen LogP) is 4.89. The molecule has 1 aliphatic carbocycles. The maximum Gasteiger partial charge on any atom is 0.249 e. The molecule has 1 aliphatic heterocycles. The van der Waals surface area contributed by atoms with E-state index in [1.807, 2.05) is 54.6 Å². The van der Waals surface area contributed by atoms with E-state index in [4.69, 9.17) is 21.4 Å². The van der Waals surface area contributed by atoms with Crippen molar-refractivity contribution >= 4 is 29.0 Å². The van der Waals surface area contributed by atoms with E-state index in [9.17, 15) is 14.9 Å². The first kappa shape index (κ1) is 25.0. The molecule has 39 heavy (non-hydrogen) atoms. The Hall–Kier alpha value is -4.29. The average molecular weight is 538 g/mol. The normalized spacial score (nSPS) is 17.1. The van der Waals surface area contributed by atoms with Crippen molar-refractivity contribution in [1.82, 2.24) is 14.7 Å². The number of benzene rings is 3. The van der Waals surface area contributed by atoms with E-state index in [1.165, 1.54) is 0 Å². The van der Waals surface area contributed by atoms with Gasteiger partial charge in [-0.1, -0.05) is 60.1 Å². The number of hydrogen-bond donors (Lipinski definition) is 1. The quantitative estimate of drug-likeness (QED) is 0.278. The third kappa shape index (κ3) is 4.51. The van der Waals surface area contributed by atoms with E-state index in [0.717, 1.165) is 22.5 Å². The number of ketones is 1. The molecule has 2 unspecified atom stereocenters. The van der Waals surface area contributed by atoms with Crippen molar-refractivity contribution in [1.29, 1.82) is 5.26 Å². The number of carbonyl (C=O) groups excluding carboxylic acids is 2. The molecule has 0 saturated carbocycles. The Balaban J connectivity index is 1.48. The van der Waals surface area contributed by atoms with Crippen molar-refractivity contribution in [3.63, 3.8) is 0 Å². The highest BCUT2D eigenvalue weighted by Gasteiger charge is 2.43. The van der Waals surface area contributed by atoms with Crippen LogP contribution in [0, 0.1) is 17.2 Å². The lowest BCUT2D eigenvalue weighted by molar-refractivity contribution is -0.117. The number of fused-ring (bicyclic) bond motifs is 3. The summed E-state index contributed by atoms with van der Waals surface area (Å²) in [5.74, 6) is -2.97. The molecule has 8 nitrogen and oxygen atoms in total. The Labute approximate surface area is 230 Å². The third-order valence-corrected chi connectivity index (χ3v) is 7.33. The minimum atomic E-state index is -1.60. The second kappa shape index (κ2) is 10.5. The first-order valence-electron chi connectivity index (χ1n) is 12.7. The Morgan fingerprint density at radius 2 is 1.77 bits per heavy atom. The molecule has 1 amide bonds. The summed E-state index contributed by atoms with van der Waals surface area (Å²) in [5, 5.41) is 17.9. The van der Waals surface area contributed by atoms with Gasteiger partial charge >= 0.3 is 0 Å². The van der Waals surface area contributed by atoms with Gasteiger partial charge < -0.3 is 10.1 Å². The summed E-state index contributed by atoms with van der Waals surface area (Å²) in [6, 6.07) is 25.8. The first-order chi connectivity index (χ1) is 19.1. The number of anilines is 1. The van der Waals surface area contributed by atoms with Crippen molar-refractivity contribution in [2.45, 2.75) is 6.04 Å². The van der Waals surface area contributed by atoms with E-state index < -0.39 is 17.6 Å². The summed E-state index contributed by atoms with van der Waals surface area (Å²) in [7, 11) is 0. The van der Waals surface area contributed by atoms with Crippen LogP contribution in [0.3, 0.4) is 0 Å². The summed E-state index contributed by atoms with van der Waals surface area (Å²) < 4.78 is 7.36. The van der Waals surface area contributed by atoms with Gasteiger partial charge in [-0.3, -0.25) is 14.5 Å². The van der Waals surface area contributed by atoms with Crippen molar-refractivity contribution < 1.29 is 14.3 Å². The van der Waals surface area contributed by atoms with Gasteiger partial charge in [-0.25, -0.2) is 4.68 Å². The average Bonchev–Trinajstić information content (AvgIpc) is 3.50. The van der Waals surface area contributed by atoms with E-state index in [-0.39, 0.29) is 11.7 Å². The second-order valence-corrected chi connectivity index (χ2v) is 9.86. The van der Waals surface area contributed by atoms with Crippen molar-refractivity contribution in [2.75, 3.05) is 31.6 Å². The van der Waals surface area contributed by atoms with Crippen LogP contribution >= 0.6 is 11.6 Å². The molecule has 1 N–H and O–H groups in total. The topological polar surface area (TPSA) is 100 Å². The number of rotatable bonds is 6. The first-order valence-corrected chi connectivity index (χ1v) is 13.0. The fourth-order valence-electron chi connectivity index (χ4n) is 5.36. The third-order valence-electron chi connectivity index (χ3n) is 7.10. The largest absolute Gasteiger partial charge is 0.379 e. The molecule has 4 aromatic rings. The molecule has 2 heterocycles. The fourth-order valence-corrected chi connectivity index (χ4v) is 5.55. The van der Waals surface area contributed by atoms with Crippen LogP contribution < -0.4 is 5.32 Å². The monoisotopic (exact) mass is 537 g/mol. The summed E-state index contributed by atoms with van der Waals surface area (Å²) in [4.78, 5) is 29.5. The van der Waals surface area contributed by atoms with Crippen LogP contribution in [0.4, 0.5) is 5.69 Å². The summed E-state index contributed by atoms with van der Waals surface area (Å²) in [6.45, 7) is 2.51. The van der Waals surface area contributed by atoms with Gasteiger partial charge in [-0.05, 0) is 35.9 Å². The summed E-state index contributed by atoms with van der Waals surface area (Å²) in [5.41, 5.74) is 4.83. The minimum absolute atomic E-state index is 0.120. The molecular formula is C30H24ClN5O3. The number of nitriles is 1. The lowest BCUT2D eigenvalue weighted by Crippen LogP contribution is -2.39. The summed E-state index contributed by atoms with van der Waals surface area (Å²) in [6.07, 6.45) is 0. The van der Waals surface area contributed by atoms with Crippen LogP contribution in [0.1, 0.15) is 27.7 Å². The molecule has 0 radical (unpaired) electrons. The number of aromatic nitrogens is 2.